The number of imidazole rings is 1. The van der Waals surface area contributed by atoms with Crippen LogP contribution in [0.2, 0.25) is 0 Å². The van der Waals surface area contributed by atoms with E-state index in [0.717, 1.165) is 13.1 Å². The number of anilines is 1. The van der Waals surface area contributed by atoms with Crippen molar-refractivity contribution >= 4 is 21.4 Å². The van der Waals surface area contributed by atoms with Crippen LogP contribution in [0.3, 0.4) is 0 Å². The van der Waals surface area contributed by atoms with Crippen LogP contribution >= 0.6 is 0 Å². The van der Waals surface area contributed by atoms with Gasteiger partial charge in [0.05, 0.1) is 23.2 Å². The zero-order valence-corrected chi connectivity index (χ0v) is 23.2. The van der Waals surface area contributed by atoms with Gasteiger partial charge < -0.3 is 13.7 Å². The molecule has 0 unspecified atom stereocenters. The van der Waals surface area contributed by atoms with E-state index in [1.807, 2.05) is 0 Å². The smallest absolute Gasteiger partial charge is 0.314 e. The van der Waals surface area contributed by atoms with Crippen LogP contribution in [0.25, 0.3) is 17.1 Å². The molecule has 0 radical (unpaired) electrons. The third-order valence-electron chi connectivity index (χ3n) is 8.08. The molecule has 0 amide bonds. The molecular weight excluding hydrogens is 557 g/mol. The quantitative estimate of drug-likeness (QED) is 0.265. The molecule has 0 spiro atoms. The van der Waals surface area contributed by atoms with Gasteiger partial charge in [-0.15, -0.1) is 10.2 Å². The van der Waals surface area contributed by atoms with Crippen LogP contribution < -0.4 is 4.31 Å². The average Bonchev–Trinajstić information content (AvgIpc) is 3.63. The predicted octanol–water partition coefficient (Wildman–Crippen LogP) is 5.59. The number of piperidine rings is 1. The van der Waals surface area contributed by atoms with Crippen LogP contribution in [-0.2, 0) is 16.6 Å². The fourth-order valence-corrected chi connectivity index (χ4v) is 7.84. The Balaban J connectivity index is 1.25. The van der Waals surface area contributed by atoms with Crippen molar-refractivity contribution < 1.29 is 26.0 Å². The summed E-state index contributed by atoms with van der Waals surface area (Å²) in [7, 11) is -3.85. The normalized spacial score (nSPS) is 18.0. The molecule has 3 aromatic heterocycles. The number of halogens is 3. The highest BCUT2D eigenvalue weighted by Crippen LogP contribution is 2.32. The van der Waals surface area contributed by atoms with Gasteiger partial charge in [0.1, 0.15) is 11.5 Å². The topological polar surface area (TPSA) is 96.8 Å². The molecule has 0 bridgehead atoms. The maximum atomic E-state index is 14.3. The number of nitrogens with zero attached hydrogens (tertiary/aromatic N) is 6. The molecule has 218 valence electrons. The predicted molar refractivity (Wildman–Crippen MR) is 146 cm³/mol. The van der Waals surface area contributed by atoms with Crippen molar-refractivity contribution in [2.45, 2.75) is 69.2 Å². The molecule has 4 heterocycles. The minimum Gasteiger partial charge on any atom is -0.415 e. The summed E-state index contributed by atoms with van der Waals surface area (Å²) in [6.07, 6.45) is 7.54. The summed E-state index contributed by atoms with van der Waals surface area (Å²) in [6, 6.07) is 9.31. The Morgan fingerprint density at radius 1 is 1.02 bits per heavy atom. The van der Waals surface area contributed by atoms with E-state index in [2.05, 4.69) is 20.1 Å². The molecule has 13 heteroatoms. The van der Waals surface area contributed by atoms with Gasteiger partial charge >= 0.3 is 6.43 Å². The Morgan fingerprint density at radius 2 is 1.80 bits per heavy atom. The molecule has 1 saturated heterocycles. The molecule has 6 rings (SSSR count). The number of hydrogen-bond donors (Lipinski definition) is 0. The maximum Gasteiger partial charge on any atom is 0.314 e. The van der Waals surface area contributed by atoms with Crippen LogP contribution in [0.5, 0.6) is 0 Å². The molecule has 4 aromatic rings. The minimum atomic E-state index is -3.85. The number of hydrogen-bond acceptors (Lipinski definition) is 7. The fourth-order valence-electron chi connectivity index (χ4n) is 5.95. The van der Waals surface area contributed by atoms with Crippen molar-refractivity contribution in [3.63, 3.8) is 0 Å². The van der Waals surface area contributed by atoms with Crippen molar-refractivity contribution in [1.82, 2.24) is 24.5 Å². The molecule has 0 N–H and O–H groups in total. The van der Waals surface area contributed by atoms with E-state index in [0.29, 0.717) is 35.8 Å². The summed E-state index contributed by atoms with van der Waals surface area (Å²) in [6.45, 7) is 1.36. The lowest BCUT2D eigenvalue weighted by molar-refractivity contribution is 0.116. The van der Waals surface area contributed by atoms with Gasteiger partial charge in [-0.05, 0) is 69.1 Å². The summed E-state index contributed by atoms with van der Waals surface area (Å²) in [5.74, 6) is -1.38. The minimum absolute atomic E-state index is 0.0733. The molecule has 2 fully saturated rings. The van der Waals surface area contributed by atoms with E-state index in [1.165, 1.54) is 54.6 Å². The zero-order chi connectivity index (χ0) is 28.6. The fraction of sp³-hybridized carbons (Fsp3) is 0.464. The van der Waals surface area contributed by atoms with Crippen LogP contribution in [0, 0.1) is 5.82 Å². The van der Waals surface area contributed by atoms with Gasteiger partial charge in [0.25, 0.3) is 5.89 Å². The lowest BCUT2D eigenvalue weighted by atomic mass is 9.93. The van der Waals surface area contributed by atoms with Crippen molar-refractivity contribution in [1.29, 1.82) is 0 Å². The first-order valence-corrected chi connectivity index (χ1v) is 15.4. The van der Waals surface area contributed by atoms with Crippen LogP contribution in [0.1, 0.15) is 63.0 Å². The van der Waals surface area contributed by atoms with Crippen LogP contribution in [0.4, 0.5) is 18.9 Å². The number of sulfonamides is 1. The average molecular weight is 589 g/mol. The second-order valence-electron chi connectivity index (χ2n) is 10.7. The Labute approximate surface area is 236 Å². The summed E-state index contributed by atoms with van der Waals surface area (Å²) < 4.78 is 76.1. The Bertz CT molecular complexity index is 1610. The zero-order valence-electron chi connectivity index (χ0n) is 22.4. The van der Waals surface area contributed by atoms with E-state index >= 15 is 0 Å². The third kappa shape index (κ3) is 5.82. The summed E-state index contributed by atoms with van der Waals surface area (Å²) >= 11 is 0. The number of likely N-dealkylation sites (tertiary alicyclic amines) is 1. The second-order valence-corrected chi connectivity index (χ2v) is 12.9. The van der Waals surface area contributed by atoms with Gasteiger partial charge in [0.15, 0.2) is 0 Å². The first kappa shape index (κ1) is 27.7. The van der Waals surface area contributed by atoms with E-state index in [4.69, 9.17) is 4.42 Å². The number of aromatic nitrogens is 4. The van der Waals surface area contributed by atoms with Gasteiger partial charge in [-0.2, -0.15) is 8.78 Å². The van der Waals surface area contributed by atoms with Gasteiger partial charge in [0, 0.05) is 24.0 Å². The Kier molecular flexibility index (Phi) is 7.73. The highest BCUT2D eigenvalue weighted by atomic mass is 32.2. The van der Waals surface area contributed by atoms with Gasteiger partial charge in [0.2, 0.25) is 15.9 Å². The highest BCUT2D eigenvalue weighted by Gasteiger charge is 2.37. The molecule has 1 saturated carbocycles. The molecule has 2 aliphatic rings. The van der Waals surface area contributed by atoms with E-state index < -0.39 is 33.4 Å². The van der Waals surface area contributed by atoms with Gasteiger partial charge in [-0.3, -0.25) is 4.31 Å². The second kappa shape index (κ2) is 11.4. The van der Waals surface area contributed by atoms with Crippen molar-refractivity contribution in [3.8, 4) is 11.5 Å². The number of fused-ring (bicyclic) bond motifs is 1. The lowest BCUT2D eigenvalue weighted by Gasteiger charge is -2.40. The molecule has 1 aliphatic heterocycles. The van der Waals surface area contributed by atoms with Crippen molar-refractivity contribution in [3.05, 3.63) is 66.2 Å². The summed E-state index contributed by atoms with van der Waals surface area (Å²) in [4.78, 5) is 7.01. The van der Waals surface area contributed by atoms with Crippen LogP contribution in [0.15, 0.2) is 53.2 Å². The third-order valence-corrected chi connectivity index (χ3v) is 10.4. The van der Waals surface area contributed by atoms with E-state index in [9.17, 15) is 21.6 Å². The van der Waals surface area contributed by atoms with Crippen molar-refractivity contribution in [2.24, 2.45) is 0 Å². The maximum absolute atomic E-state index is 14.3. The standard InChI is InChI=1S/C28H31F3N6O3S/c29-20-5-4-8-23(16-20)37(41(38,39)24-10-13-35(14-11-24)22-6-2-1-3-7-22)18-21-17-36-12-9-19(15-25(36)32-21)27-33-34-28(40-27)26(30)31/h4-5,8-9,12,15-17,22,24,26H,1-3,6-7,10-11,13-14,18H2. The van der Waals surface area contributed by atoms with Crippen LogP contribution in [-0.4, -0.2) is 57.3 Å². The summed E-state index contributed by atoms with van der Waals surface area (Å²) in [5, 5.41) is 6.45. The number of benzene rings is 1. The summed E-state index contributed by atoms with van der Waals surface area (Å²) in [5.41, 5.74) is 1.51. The van der Waals surface area contributed by atoms with Gasteiger partial charge in [-0.1, -0.05) is 25.3 Å². The molecule has 41 heavy (non-hydrogen) atoms. The Morgan fingerprint density at radius 3 is 2.51 bits per heavy atom. The number of rotatable bonds is 8. The lowest BCUT2D eigenvalue weighted by Crippen LogP contribution is -2.48. The molecule has 1 aromatic carbocycles. The number of alkyl halides is 2. The van der Waals surface area contributed by atoms with E-state index in [1.54, 1.807) is 35.0 Å². The molecule has 0 atom stereocenters. The first-order chi connectivity index (χ1) is 19.8. The molecule has 1 aliphatic carbocycles. The largest absolute Gasteiger partial charge is 0.415 e. The van der Waals surface area contributed by atoms with Gasteiger partial charge in [-0.25, -0.2) is 17.8 Å². The van der Waals surface area contributed by atoms with Crippen molar-refractivity contribution in [2.75, 3.05) is 17.4 Å². The highest BCUT2D eigenvalue weighted by molar-refractivity contribution is 7.93. The number of pyridine rings is 1. The first-order valence-electron chi connectivity index (χ1n) is 13.9. The van der Waals surface area contributed by atoms with E-state index in [-0.39, 0.29) is 18.1 Å². The SMILES string of the molecule is O=S(=O)(C1CCN(C2CCCCC2)CC1)N(Cc1cn2ccc(-c3nnc(C(F)F)o3)cc2n1)c1cccc(F)c1. The monoisotopic (exact) mass is 588 g/mol. The Hall–Kier alpha value is -3.45. The molecule has 9 nitrogen and oxygen atoms in total. The molecular formula is C28H31F3N6O3S.